The van der Waals surface area contributed by atoms with Crippen LogP contribution in [0, 0.1) is 27.7 Å². The molecule has 0 radical (unpaired) electrons. The SMILES string of the molecule is Cc1ccc(-c2cc(C(=O)Nc3nc(C)c(C)s3)c3c(C)noc3n2)s1. The summed E-state index contributed by atoms with van der Waals surface area (Å²) in [5, 5.41) is 8.07. The van der Waals surface area contributed by atoms with E-state index in [9.17, 15) is 4.79 Å². The molecule has 8 heteroatoms. The Morgan fingerprint density at radius 3 is 2.54 bits per heavy atom. The normalized spacial score (nSPS) is 11.2. The molecule has 0 aliphatic rings. The van der Waals surface area contributed by atoms with E-state index in [4.69, 9.17) is 4.52 Å². The minimum Gasteiger partial charge on any atom is -0.335 e. The number of nitrogens with one attached hydrogen (secondary N) is 1. The standard InChI is InChI=1S/C18H16N4O2S2/c1-8-5-6-14(25-8)13-7-12(15-10(3)22-24-17(15)20-13)16(23)21-18-19-9(2)11(4)26-18/h5-7H,1-4H3,(H,19,21,23). The minimum absolute atomic E-state index is 0.244. The third-order valence-corrected chi connectivity index (χ3v) is 6.12. The summed E-state index contributed by atoms with van der Waals surface area (Å²) in [6, 6.07) is 5.81. The van der Waals surface area contributed by atoms with Gasteiger partial charge in [0.2, 0.25) is 0 Å². The van der Waals surface area contributed by atoms with Crippen molar-refractivity contribution in [1.29, 1.82) is 0 Å². The van der Waals surface area contributed by atoms with Crippen molar-refractivity contribution in [1.82, 2.24) is 15.1 Å². The number of carbonyl (C=O) groups excluding carboxylic acids is 1. The van der Waals surface area contributed by atoms with Crippen LogP contribution >= 0.6 is 22.7 Å². The molecule has 0 saturated heterocycles. The van der Waals surface area contributed by atoms with Crippen molar-refractivity contribution in [3.8, 4) is 10.6 Å². The summed E-state index contributed by atoms with van der Waals surface area (Å²) in [5.41, 5.74) is 3.10. The summed E-state index contributed by atoms with van der Waals surface area (Å²) in [7, 11) is 0. The van der Waals surface area contributed by atoms with Gasteiger partial charge in [0.15, 0.2) is 5.13 Å². The van der Waals surface area contributed by atoms with Gasteiger partial charge in [-0.3, -0.25) is 10.1 Å². The average Bonchev–Trinajstić information content (AvgIpc) is 3.27. The van der Waals surface area contributed by atoms with Gasteiger partial charge in [0.05, 0.1) is 32.9 Å². The van der Waals surface area contributed by atoms with Crippen molar-refractivity contribution in [3.63, 3.8) is 0 Å². The van der Waals surface area contributed by atoms with Crippen LogP contribution in [0.1, 0.15) is 31.5 Å². The number of rotatable bonds is 3. The highest BCUT2D eigenvalue weighted by Crippen LogP contribution is 2.31. The molecule has 4 rings (SSSR count). The molecule has 1 amide bonds. The number of hydrogen-bond donors (Lipinski definition) is 1. The maximum Gasteiger partial charge on any atom is 0.259 e. The maximum absolute atomic E-state index is 12.9. The van der Waals surface area contributed by atoms with Gasteiger partial charge in [0.25, 0.3) is 11.6 Å². The molecule has 132 valence electrons. The number of anilines is 1. The summed E-state index contributed by atoms with van der Waals surface area (Å²) >= 11 is 3.08. The molecule has 0 aliphatic carbocycles. The fourth-order valence-electron chi connectivity index (χ4n) is 2.66. The van der Waals surface area contributed by atoms with Gasteiger partial charge in [0.1, 0.15) is 0 Å². The summed E-state index contributed by atoms with van der Waals surface area (Å²) in [6.07, 6.45) is 0. The van der Waals surface area contributed by atoms with Crippen LogP contribution in [0.3, 0.4) is 0 Å². The lowest BCUT2D eigenvalue weighted by molar-refractivity contribution is 0.102. The third kappa shape index (κ3) is 2.91. The Balaban J connectivity index is 1.81. The molecule has 0 aliphatic heterocycles. The predicted molar refractivity (Wildman–Crippen MR) is 104 cm³/mol. The molecule has 1 N–H and O–H groups in total. The van der Waals surface area contributed by atoms with Crippen LogP contribution in [0.2, 0.25) is 0 Å². The quantitative estimate of drug-likeness (QED) is 0.544. The second-order valence-corrected chi connectivity index (χ2v) is 8.52. The van der Waals surface area contributed by atoms with E-state index in [0.29, 0.717) is 33.2 Å². The van der Waals surface area contributed by atoms with E-state index in [1.165, 1.54) is 16.2 Å². The Bertz CT molecular complexity index is 1120. The molecule has 0 unspecified atom stereocenters. The second kappa shape index (κ2) is 6.30. The van der Waals surface area contributed by atoms with E-state index in [-0.39, 0.29) is 5.91 Å². The molecule has 0 spiro atoms. The minimum atomic E-state index is -0.244. The van der Waals surface area contributed by atoms with Crippen molar-refractivity contribution in [3.05, 3.63) is 44.9 Å². The van der Waals surface area contributed by atoms with Crippen molar-refractivity contribution in [2.24, 2.45) is 0 Å². The first-order chi connectivity index (χ1) is 12.4. The highest BCUT2D eigenvalue weighted by molar-refractivity contribution is 7.16. The summed E-state index contributed by atoms with van der Waals surface area (Å²) in [4.78, 5) is 25.1. The Labute approximate surface area is 157 Å². The Hall–Kier alpha value is -2.58. The van der Waals surface area contributed by atoms with Crippen molar-refractivity contribution in [2.75, 3.05) is 5.32 Å². The number of nitrogens with zero attached hydrogens (tertiary/aromatic N) is 3. The largest absolute Gasteiger partial charge is 0.335 e. The van der Waals surface area contributed by atoms with E-state index in [2.05, 4.69) is 20.4 Å². The van der Waals surface area contributed by atoms with E-state index in [0.717, 1.165) is 15.4 Å². The Morgan fingerprint density at radius 2 is 1.88 bits per heavy atom. The third-order valence-electron chi connectivity index (χ3n) is 4.10. The molecule has 6 nitrogen and oxygen atoms in total. The van der Waals surface area contributed by atoms with Gasteiger partial charge in [-0.1, -0.05) is 5.16 Å². The fourth-order valence-corrected chi connectivity index (χ4v) is 4.30. The number of fused-ring (bicyclic) bond motifs is 1. The second-order valence-electron chi connectivity index (χ2n) is 6.03. The first-order valence-corrected chi connectivity index (χ1v) is 9.65. The molecule has 0 fully saturated rings. The summed E-state index contributed by atoms with van der Waals surface area (Å²) < 4.78 is 5.33. The van der Waals surface area contributed by atoms with Gasteiger partial charge < -0.3 is 4.52 Å². The van der Waals surface area contributed by atoms with Gasteiger partial charge in [-0.05, 0) is 45.9 Å². The van der Waals surface area contributed by atoms with Crippen LogP contribution in [0.25, 0.3) is 21.7 Å². The van der Waals surface area contributed by atoms with Crippen molar-refractivity contribution >= 4 is 44.8 Å². The van der Waals surface area contributed by atoms with E-state index < -0.39 is 0 Å². The fraction of sp³-hybridized carbons (Fsp3) is 0.222. The molecule has 4 aromatic rings. The highest BCUT2D eigenvalue weighted by Gasteiger charge is 2.21. The predicted octanol–water partition coefficient (Wildman–Crippen LogP) is 4.89. The van der Waals surface area contributed by atoms with Crippen LogP contribution in [-0.4, -0.2) is 21.0 Å². The molecule has 0 bridgehead atoms. The lowest BCUT2D eigenvalue weighted by atomic mass is 10.1. The number of aromatic nitrogens is 3. The van der Waals surface area contributed by atoms with Crippen LogP contribution in [-0.2, 0) is 0 Å². The maximum atomic E-state index is 12.9. The summed E-state index contributed by atoms with van der Waals surface area (Å²) in [5.74, 6) is -0.244. The molecule has 26 heavy (non-hydrogen) atoms. The van der Waals surface area contributed by atoms with E-state index in [1.54, 1.807) is 24.3 Å². The van der Waals surface area contributed by atoms with Gasteiger partial charge in [-0.2, -0.15) is 0 Å². The van der Waals surface area contributed by atoms with Gasteiger partial charge in [0, 0.05) is 9.75 Å². The Morgan fingerprint density at radius 1 is 1.08 bits per heavy atom. The monoisotopic (exact) mass is 384 g/mol. The molecule has 4 heterocycles. The van der Waals surface area contributed by atoms with Crippen LogP contribution in [0.15, 0.2) is 22.7 Å². The van der Waals surface area contributed by atoms with Crippen LogP contribution in [0.5, 0.6) is 0 Å². The number of carbonyl (C=O) groups is 1. The lowest BCUT2D eigenvalue weighted by Gasteiger charge is -2.05. The zero-order valence-electron chi connectivity index (χ0n) is 14.7. The van der Waals surface area contributed by atoms with Gasteiger partial charge >= 0.3 is 0 Å². The van der Waals surface area contributed by atoms with Crippen LogP contribution in [0.4, 0.5) is 5.13 Å². The number of pyridine rings is 1. The number of thiophene rings is 1. The highest BCUT2D eigenvalue weighted by atomic mass is 32.1. The summed E-state index contributed by atoms with van der Waals surface area (Å²) in [6.45, 7) is 7.74. The van der Waals surface area contributed by atoms with E-state index in [1.807, 2.05) is 32.9 Å². The van der Waals surface area contributed by atoms with Crippen molar-refractivity contribution < 1.29 is 9.32 Å². The molecular formula is C18H16N4O2S2. The Kier molecular flexibility index (Phi) is 4.08. The molecule has 0 aromatic carbocycles. The number of hydrogen-bond acceptors (Lipinski definition) is 7. The molecule has 0 atom stereocenters. The topological polar surface area (TPSA) is 80.9 Å². The number of amides is 1. The lowest BCUT2D eigenvalue weighted by Crippen LogP contribution is -2.13. The zero-order chi connectivity index (χ0) is 18.4. The molecular weight excluding hydrogens is 368 g/mol. The first kappa shape index (κ1) is 16.9. The molecule has 0 saturated carbocycles. The average molecular weight is 384 g/mol. The van der Waals surface area contributed by atoms with E-state index >= 15 is 0 Å². The molecule has 4 aromatic heterocycles. The van der Waals surface area contributed by atoms with Gasteiger partial charge in [-0.25, -0.2) is 9.97 Å². The first-order valence-electron chi connectivity index (χ1n) is 8.01. The number of thiazole rings is 1. The smallest absolute Gasteiger partial charge is 0.259 e. The zero-order valence-corrected chi connectivity index (χ0v) is 16.3. The van der Waals surface area contributed by atoms with Crippen LogP contribution < -0.4 is 5.32 Å². The van der Waals surface area contributed by atoms with Crippen molar-refractivity contribution in [2.45, 2.75) is 27.7 Å². The van der Waals surface area contributed by atoms with Gasteiger partial charge in [-0.15, -0.1) is 22.7 Å². The number of aryl methyl sites for hydroxylation is 4.